The molecule has 0 amide bonds. The summed E-state index contributed by atoms with van der Waals surface area (Å²) >= 11 is 5.86. The van der Waals surface area contributed by atoms with Crippen molar-refractivity contribution < 1.29 is 4.39 Å². The van der Waals surface area contributed by atoms with Gasteiger partial charge in [0.15, 0.2) is 0 Å². The van der Waals surface area contributed by atoms with E-state index >= 15 is 0 Å². The minimum atomic E-state index is -0.298. The third-order valence-electron chi connectivity index (χ3n) is 2.02. The Labute approximate surface area is 93.2 Å². The fourth-order valence-electron chi connectivity index (χ4n) is 1.31. The van der Waals surface area contributed by atoms with Crippen molar-refractivity contribution in [2.45, 2.75) is 20.4 Å². The van der Waals surface area contributed by atoms with Crippen molar-refractivity contribution in [3.05, 3.63) is 34.7 Å². The molecule has 0 aliphatic rings. The van der Waals surface area contributed by atoms with Crippen LogP contribution in [0.15, 0.2) is 18.3 Å². The number of hydrogen-bond donors (Lipinski definition) is 2. The van der Waals surface area contributed by atoms with Crippen molar-refractivity contribution in [2.75, 3.05) is 0 Å². The number of rotatable bonds is 1. The van der Waals surface area contributed by atoms with Crippen LogP contribution in [0.2, 0.25) is 5.02 Å². The number of nitrogens with two attached hydrogens (primary N) is 1. The average Bonchev–Trinajstić information content (AvgIpc) is 2.61. The highest BCUT2D eigenvalue weighted by atomic mass is 35.5. The molecule has 0 aliphatic heterocycles. The number of hydrogen-bond acceptors (Lipinski definition) is 1. The van der Waals surface area contributed by atoms with Crippen molar-refractivity contribution in [3.63, 3.8) is 0 Å². The molecule has 2 nitrogen and oxygen atoms in total. The van der Waals surface area contributed by atoms with Crippen LogP contribution in [-0.4, -0.2) is 4.98 Å². The van der Waals surface area contributed by atoms with Gasteiger partial charge in [0.1, 0.15) is 5.82 Å². The monoisotopic (exact) mass is 228 g/mol. The van der Waals surface area contributed by atoms with Crippen molar-refractivity contribution in [2.24, 2.45) is 5.73 Å². The van der Waals surface area contributed by atoms with Crippen molar-refractivity contribution >= 4 is 22.5 Å². The minimum Gasteiger partial charge on any atom is -0.360 e. The molecule has 2 rings (SSSR count). The van der Waals surface area contributed by atoms with Crippen molar-refractivity contribution in [1.82, 2.24) is 4.98 Å². The molecule has 0 spiro atoms. The Kier molecular flexibility index (Phi) is 4.12. The third-order valence-corrected chi connectivity index (χ3v) is 2.33. The first-order valence-electron chi connectivity index (χ1n) is 4.87. The molecule has 1 heterocycles. The number of aromatic amines is 1. The molecule has 0 atom stereocenters. The molecule has 0 radical (unpaired) electrons. The summed E-state index contributed by atoms with van der Waals surface area (Å²) in [6.07, 6.45) is 1.63. The summed E-state index contributed by atoms with van der Waals surface area (Å²) in [6.45, 7) is 4.18. The Morgan fingerprint density at radius 2 is 2.07 bits per heavy atom. The molecule has 0 saturated heterocycles. The van der Waals surface area contributed by atoms with Crippen LogP contribution in [-0.2, 0) is 6.54 Å². The zero-order valence-corrected chi connectivity index (χ0v) is 9.53. The van der Waals surface area contributed by atoms with Gasteiger partial charge in [0.25, 0.3) is 0 Å². The van der Waals surface area contributed by atoms with E-state index in [2.05, 4.69) is 4.98 Å². The lowest BCUT2D eigenvalue weighted by Gasteiger charge is -1.99. The Morgan fingerprint density at radius 1 is 1.40 bits per heavy atom. The lowest BCUT2D eigenvalue weighted by molar-refractivity contribution is 0.612. The highest BCUT2D eigenvalue weighted by Crippen LogP contribution is 2.25. The number of aromatic nitrogens is 1. The summed E-state index contributed by atoms with van der Waals surface area (Å²) in [5, 5.41) is 1.40. The normalized spacial score (nSPS) is 9.93. The molecule has 0 saturated carbocycles. The topological polar surface area (TPSA) is 41.8 Å². The van der Waals surface area contributed by atoms with Gasteiger partial charge in [0.05, 0.1) is 5.02 Å². The Bertz CT molecular complexity index is 451. The SMILES string of the molecule is CC.NCc1cc2c(Cl)c[nH]c2cc1F. The molecule has 3 N–H and O–H groups in total. The van der Waals surface area contributed by atoms with Crippen LogP contribution in [0.4, 0.5) is 4.39 Å². The molecule has 0 fully saturated rings. The molecule has 0 unspecified atom stereocenters. The summed E-state index contributed by atoms with van der Waals surface area (Å²) < 4.78 is 13.2. The number of H-pyrrole nitrogens is 1. The van der Waals surface area contributed by atoms with Gasteiger partial charge in [-0.3, -0.25) is 0 Å². The molecule has 0 bridgehead atoms. The summed E-state index contributed by atoms with van der Waals surface area (Å²) in [5.41, 5.74) is 6.54. The van der Waals surface area contributed by atoms with E-state index in [1.807, 2.05) is 13.8 Å². The second-order valence-electron chi connectivity index (χ2n) is 2.83. The van der Waals surface area contributed by atoms with Gasteiger partial charge in [-0.15, -0.1) is 0 Å². The molecule has 82 valence electrons. The first-order chi connectivity index (χ1) is 7.22. The number of halogens is 2. The quantitative estimate of drug-likeness (QED) is 0.771. The fourth-order valence-corrected chi connectivity index (χ4v) is 1.52. The summed E-state index contributed by atoms with van der Waals surface area (Å²) in [5.74, 6) is -0.298. The summed E-state index contributed by atoms with van der Waals surface area (Å²) in [7, 11) is 0. The van der Waals surface area contributed by atoms with Gasteiger partial charge < -0.3 is 10.7 Å². The molecule has 1 aromatic carbocycles. The van der Waals surface area contributed by atoms with Crippen LogP contribution in [0, 0.1) is 5.82 Å². The summed E-state index contributed by atoms with van der Waals surface area (Å²) in [6, 6.07) is 3.08. The van der Waals surface area contributed by atoms with Gasteiger partial charge in [-0.05, 0) is 12.1 Å². The van der Waals surface area contributed by atoms with Gasteiger partial charge >= 0.3 is 0 Å². The first-order valence-corrected chi connectivity index (χ1v) is 5.25. The van der Waals surface area contributed by atoms with E-state index in [0.717, 1.165) is 5.39 Å². The van der Waals surface area contributed by atoms with Crippen molar-refractivity contribution in [1.29, 1.82) is 0 Å². The van der Waals surface area contributed by atoms with Crippen LogP contribution < -0.4 is 5.73 Å². The van der Waals surface area contributed by atoms with Crippen molar-refractivity contribution in [3.8, 4) is 0 Å². The van der Waals surface area contributed by atoms with Crippen LogP contribution in [0.3, 0.4) is 0 Å². The highest BCUT2D eigenvalue weighted by molar-refractivity contribution is 6.35. The lowest BCUT2D eigenvalue weighted by atomic mass is 10.1. The Balaban J connectivity index is 0.000000531. The minimum absolute atomic E-state index is 0.184. The largest absolute Gasteiger partial charge is 0.360 e. The molecule has 4 heteroatoms. The molecule has 2 aromatic rings. The van der Waals surface area contributed by atoms with Crippen LogP contribution in [0.25, 0.3) is 10.9 Å². The number of nitrogens with one attached hydrogen (secondary N) is 1. The van der Waals surface area contributed by atoms with E-state index in [4.69, 9.17) is 17.3 Å². The standard InChI is InChI=1S/C9H8ClFN2.C2H6/c10-7-4-13-9-2-8(11)5(3-12)1-6(7)9;1-2/h1-2,4,13H,3,12H2;1-2H3. The van der Waals surface area contributed by atoms with Crippen LogP contribution in [0.5, 0.6) is 0 Å². The predicted molar refractivity (Wildman–Crippen MR) is 62.5 cm³/mol. The van der Waals surface area contributed by atoms with E-state index in [-0.39, 0.29) is 12.4 Å². The summed E-state index contributed by atoms with van der Waals surface area (Å²) in [4.78, 5) is 2.87. The van der Waals surface area contributed by atoms with Crippen LogP contribution >= 0.6 is 11.6 Å². The van der Waals surface area contributed by atoms with E-state index in [1.54, 1.807) is 12.3 Å². The highest BCUT2D eigenvalue weighted by Gasteiger charge is 2.06. The third kappa shape index (κ3) is 2.30. The molecular formula is C11H14ClFN2. The molecule has 15 heavy (non-hydrogen) atoms. The smallest absolute Gasteiger partial charge is 0.129 e. The second kappa shape index (κ2) is 5.14. The van der Waals surface area contributed by atoms with Crippen LogP contribution in [0.1, 0.15) is 19.4 Å². The van der Waals surface area contributed by atoms with E-state index in [0.29, 0.717) is 16.1 Å². The lowest BCUT2D eigenvalue weighted by Crippen LogP contribution is -1.99. The second-order valence-corrected chi connectivity index (χ2v) is 3.24. The Morgan fingerprint density at radius 3 is 2.67 bits per heavy atom. The predicted octanol–water partition coefficient (Wildman–Crippen LogP) is 3.45. The Hall–Kier alpha value is -1.06. The molecule has 1 aromatic heterocycles. The maximum atomic E-state index is 13.2. The van der Waals surface area contributed by atoms with E-state index < -0.39 is 0 Å². The number of fused-ring (bicyclic) bond motifs is 1. The zero-order valence-electron chi connectivity index (χ0n) is 8.77. The fraction of sp³-hybridized carbons (Fsp3) is 0.273. The van der Waals surface area contributed by atoms with Gasteiger partial charge in [-0.25, -0.2) is 4.39 Å². The maximum absolute atomic E-state index is 13.2. The molecule has 0 aliphatic carbocycles. The zero-order chi connectivity index (χ0) is 11.4. The molecular weight excluding hydrogens is 215 g/mol. The van der Waals surface area contributed by atoms with Gasteiger partial charge in [-0.2, -0.15) is 0 Å². The van der Waals surface area contributed by atoms with Gasteiger partial charge in [0.2, 0.25) is 0 Å². The maximum Gasteiger partial charge on any atom is 0.129 e. The number of benzene rings is 1. The van der Waals surface area contributed by atoms with Gasteiger partial charge in [-0.1, -0.05) is 25.4 Å². The van der Waals surface area contributed by atoms with E-state index in [9.17, 15) is 4.39 Å². The average molecular weight is 229 g/mol. The van der Waals surface area contributed by atoms with Gasteiger partial charge in [0, 0.05) is 29.2 Å². The van der Waals surface area contributed by atoms with E-state index in [1.165, 1.54) is 6.07 Å². The first kappa shape index (κ1) is 12.0.